The topological polar surface area (TPSA) is 61.4 Å². The van der Waals surface area contributed by atoms with Gasteiger partial charge in [0.1, 0.15) is 0 Å². The highest BCUT2D eigenvalue weighted by molar-refractivity contribution is 6.30. The van der Waals surface area contributed by atoms with Gasteiger partial charge in [-0.15, -0.1) is 0 Å². The third-order valence-electron chi connectivity index (χ3n) is 7.88. The van der Waals surface area contributed by atoms with Gasteiger partial charge in [0.25, 0.3) is 11.8 Å². The van der Waals surface area contributed by atoms with Gasteiger partial charge in [-0.1, -0.05) is 23.7 Å². The van der Waals surface area contributed by atoms with Crippen molar-refractivity contribution in [3.63, 3.8) is 0 Å². The maximum atomic E-state index is 14.7. The number of aryl methyl sites for hydroxylation is 2. The van der Waals surface area contributed by atoms with Gasteiger partial charge < -0.3 is 15.5 Å². The Morgan fingerprint density at radius 3 is 2.14 bits per heavy atom. The van der Waals surface area contributed by atoms with E-state index < -0.39 is 17.3 Å². The van der Waals surface area contributed by atoms with Gasteiger partial charge in [-0.3, -0.25) is 9.59 Å². The third-order valence-corrected chi connectivity index (χ3v) is 8.13. The lowest BCUT2D eigenvalue weighted by Crippen LogP contribution is -2.43. The molecule has 202 valence electrons. The second-order valence-electron chi connectivity index (χ2n) is 10.6. The Kier molecular flexibility index (Phi) is 9.01. The Labute approximate surface area is 224 Å². The summed E-state index contributed by atoms with van der Waals surface area (Å²) in [5.74, 6) is -3.86. The van der Waals surface area contributed by atoms with Crippen molar-refractivity contribution in [2.75, 3.05) is 27.7 Å². The molecule has 2 aromatic rings. The quantitative estimate of drug-likeness (QED) is 0.400. The molecule has 1 aliphatic rings. The highest BCUT2D eigenvalue weighted by Crippen LogP contribution is 2.65. The number of nitrogens with zero attached hydrogens (tertiary/aromatic N) is 1. The molecule has 0 aromatic heterocycles. The van der Waals surface area contributed by atoms with Crippen LogP contribution in [0.5, 0.6) is 0 Å². The van der Waals surface area contributed by atoms with E-state index in [-0.39, 0.29) is 24.3 Å². The first-order chi connectivity index (χ1) is 17.3. The van der Waals surface area contributed by atoms with Crippen molar-refractivity contribution in [2.45, 2.75) is 64.3 Å². The maximum Gasteiger partial charge on any atom is 0.251 e. The van der Waals surface area contributed by atoms with Crippen molar-refractivity contribution in [3.8, 4) is 0 Å². The Balaban J connectivity index is 1.73. The number of likely N-dealkylation sites (N-methyl/N-ethyl adjacent to an activating group) is 1. The number of carbonyl (C=O) groups is 2. The zero-order chi connectivity index (χ0) is 27.5. The van der Waals surface area contributed by atoms with Crippen molar-refractivity contribution >= 4 is 23.4 Å². The maximum absolute atomic E-state index is 14.7. The molecule has 0 heterocycles. The summed E-state index contributed by atoms with van der Waals surface area (Å²) in [7, 11) is 5.51. The third kappa shape index (κ3) is 6.68. The van der Waals surface area contributed by atoms with Gasteiger partial charge in [0.05, 0.1) is 0 Å². The van der Waals surface area contributed by atoms with Crippen molar-refractivity contribution < 1.29 is 18.4 Å². The van der Waals surface area contributed by atoms with Crippen molar-refractivity contribution in [2.24, 2.45) is 5.41 Å². The zero-order valence-electron chi connectivity index (χ0n) is 22.6. The lowest BCUT2D eigenvalue weighted by atomic mass is 9.77. The van der Waals surface area contributed by atoms with Crippen LogP contribution in [0.3, 0.4) is 0 Å². The molecule has 2 N–H and O–H groups in total. The van der Waals surface area contributed by atoms with Crippen LogP contribution >= 0.6 is 11.6 Å². The van der Waals surface area contributed by atoms with Gasteiger partial charge in [0.15, 0.2) is 0 Å². The van der Waals surface area contributed by atoms with E-state index in [1.807, 2.05) is 45.0 Å². The number of rotatable bonds is 11. The van der Waals surface area contributed by atoms with E-state index in [1.165, 1.54) is 0 Å². The molecular formula is C29H38ClF2N3O2. The largest absolute Gasteiger partial charge is 0.355 e. The number of amides is 2. The van der Waals surface area contributed by atoms with E-state index in [9.17, 15) is 18.4 Å². The minimum absolute atomic E-state index is 0.00983. The summed E-state index contributed by atoms with van der Waals surface area (Å²) in [6.07, 6.45) is 1.45. The summed E-state index contributed by atoms with van der Waals surface area (Å²) in [4.78, 5) is 27.2. The Hall–Kier alpha value is -2.51. The number of hydrogen-bond donors (Lipinski definition) is 2. The Bertz CT molecular complexity index is 1100. The summed E-state index contributed by atoms with van der Waals surface area (Å²) in [6, 6.07) is 10.6. The van der Waals surface area contributed by atoms with Crippen LogP contribution in [0, 0.1) is 19.3 Å². The first-order valence-electron chi connectivity index (χ1n) is 12.7. The monoisotopic (exact) mass is 533 g/mol. The van der Waals surface area contributed by atoms with Crippen molar-refractivity contribution in [1.82, 2.24) is 15.5 Å². The van der Waals surface area contributed by atoms with Crippen LogP contribution in [0.25, 0.3) is 0 Å². The summed E-state index contributed by atoms with van der Waals surface area (Å²) < 4.78 is 29.4. The molecule has 3 rings (SSSR count). The van der Waals surface area contributed by atoms with Gasteiger partial charge in [-0.25, -0.2) is 8.78 Å². The molecule has 0 spiro atoms. The summed E-state index contributed by atoms with van der Waals surface area (Å²) in [5.41, 5.74) is 3.28. The second-order valence-corrected chi connectivity index (χ2v) is 11.1. The number of alkyl halides is 2. The Morgan fingerprint density at radius 2 is 1.68 bits per heavy atom. The number of nitrogens with one attached hydrogen (secondary N) is 2. The van der Waals surface area contributed by atoms with Gasteiger partial charge in [0.2, 0.25) is 5.91 Å². The van der Waals surface area contributed by atoms with Crippen molar-refractivity contribution in [3.05, 3.63) is 69.2 Å². The molecule has 0 bridgehead atoms. The van der Waals surface area contributed by atoms with Gasteiger partial charge in [0, 0.05) is 48.0 Å². The first-order valence-corrected chi connectivity index (χ1v) is 13.1. The average molecular weight is 534 g/mol. The highest BCUT2D eigenvalue weighted by Gasteiger charge is 2.63. The van der Waals surface area contributed by atoms with E-state index in [1.54, 1.807) is 31.3 Å². The molecule has 1 fully saturated rings. The molecule has 5 nitrogen and oxygen atoms in total. The molecule has 37 heavy (non-hydrogen) atoms. The van der Waals surface area contributed by atoms with E-state index >= 15 is 0 Å². The normalized spacial score (nSPS) is 16.3. The molecule has 2 aromatic carbocycles. The predicted octanol–water partition coefficient (Wildman–Crippen LogP) is 5.51. The van der Waals surface area contributed by atoms with Gasteiger partial charge >= 0.3 is 0 Å². The standard InChI is InChI=1S/C29H38ClF2N3O2/c1-18-13-21(27(37)33-4)14-19(2)24(18)15-23(35(5)6)17-34-26(36)16-25(20-7-9-22(30)10-8-20)29(11-12-29)28(3,31)32/h7-10,13-14,23,25H,11-12,15-17H2,1-6H3,(H,33,37)(H,34,36)/t23-,25+/m0/s1. The fourth-order valence-electron chi connectivity index (χ4n) is 5.31. The molecule has 8 heteroatoms. The summed E-state index contributed by atoms with van der Waals surface area (Å²) >= 11 is 6.02. The minimum atomic E-state index is -2.89. The molecule has 1 aliphatic carbocycles. The molecule has 0 aliphatic heterocycles. The van der Waals surface area contributed by atoms with Gasteiger partial charge in [-0.2, -0.15) is 0 Å². The average Bonchev–Trinajstić information content (AvgIpc) is 3.63. The molecule has 0 saturated heterocycles. The molecule has 1 saturated carbocycles. The van der Waals surface area contributed by atoms with Crippen LogP contribution in [-0.2, 0) is 11.2 Å². The van der Waals surface area contributed by atoms with Crippen LogP contribution in [0.2, 0.25) is 5.02 Å². The fourth-order valence-corrected chi connectivity index (χ4v) is 5.43. The molecule has 2 atom stereocenters. The lowest BCUT2D eigenvalue weighted by Gasteiger charge is -2.32. The van der Waals surface area contributed by atoms with Crippen molar-refractivity contribution in [1.29, 1.82) is 0 Å². The first kappa shape index (κ1) is 29.1. The second kappa shape index (κ2) is 11.5. The van der Waals surface area contributed by atoms with E-state index in [0.717, 1.165) is 23.6 Å². The smallest absolute Gasteiger partial charge is 0.251 e. The van der Waals surface area contributed by atoms with Crippen LogP contribution in [-0.4, -0.2) is 56.4 Å². The molecular weight excluding hydrogens is 496 g/mol. The van der Waals surface area contributed by atoms with E-state index in [0.29, 0.717) is 42.0 Å². The Morgan fingerprint density at radius 1 is 1.11 bits per heavy atom. The fraction of sp³-hybridized carbons (Fsp3) is 0.517. The van der Waals surface area contributed by atoms with Crippen LogP contribution in [0.4, 0.5) is 8.78 Å². The minimum Gasteiger partial charge on any atom is -0.355 e. The van der Waals surface area contributed by atoms with Crippen LogP contribution < -0.4 is 10.6 Å². The van der Waals surface area contributed by atoms with Crippen LogP contribution in [0.1, 0.15) is 64.7 Å². The number of carbonyl (C=O) groups excluding carboxylic acids is 2. The molecule has 0 unspecified atom stereocenters. The number of hydrogen-bond acceptors (Lipinski definition) is 3. The molecule has 2 amide bonds. The highest BCUT2D eigenvalue weighted by atomic mass is 35.5. The summed E-state index contributed by atoms with van der Waals surface area (Å²) in [6.45, 7) is 5.31. The SMILES string of the molecule is CNC(=O)c1cc(C)c(C[C@@H](CNC(=O)C[C@H](c2ccc(Cl)cc2)C2(C(C)(F)F)CC2)N(C)C)c(C)c1. The van der Waals surface area contributed by atoms with E-state index in [4.69, 9.17) is 11.6 Å². The van der Waals surface area contributed by atoms with Gasteiger partial charge in [-0.05, 0) is 101 Å². The summed E-state index contributed by atoms with van der Waals surface area (Å²) in [5, 5.41) is 6.19. The van der Waals surface area contributed by atoms with Crippen LogP contribution in [0.15, 0.2) is 36.4 Å². The predicted molar refractivity (Wildman–Crippen MR) is 145 cm³/mol. The van der Waals surface area contributed by atoms with E-state index in [2.05, 4.69) is 10.6 Å². The number of halogens is 3. The zero-order valence-corrected chi connectivity index (χ0v) is 23.3. The molecule has 0 radical (unpaired) electrons. The number of benzene rings is 2. The lowest BCUT2D eigenvalue weighted by molar-refractivity contribution is -0.123.